The number of fused-ring (bicyclic) bond motifs is 3. The molecule has 0 aromatic carbocycles. The lowest BCUT2D eigenvalue weighted by molar-refractivity contribution is -0.322. The van der Waals surface area contributed by atoms with E-state index in [0.29, 0.717) is 28.3 Å². The van der Waals surface area contributed by atoms with Crippen LogP contribution in [0.15, 0.2) is 0 Å². The van der Waals surface area contributed by atoms with Crippen LogP contribution in [-0.2, 0) is 9.47 Å². The fraction of sp³-hybridized carbons (Fsp3) is 1.00. The number of nitrogens with zero attached hydrogens (tertiary/aromatic N) is 2. The lowest BCUT2D eigenvalue weighted by Gasteiger charge is -2.65. The SMILES string of the molecule is CN1CCC2(CC1)CCN(CC[C@@H]1C(C)(C)CCC3[C@]4(C)CO[C@@H](C5CCCC5)O[C@@H]4CC[C@]31C)C2. The van der Waals surface area contributed by atoms with Crippen LogP contribution >= 0.6 is 0 Å². The Labute approximate surface area is 222 Å². The van der Waals surface area contributed by atoms with Crippen LogP contribution in [0.4, 0.5) is 0 Å². The van der Waals surface area contributed by atoms with Gasteiger partial charge in [0.15, 0.2) is 6.29 Å². The Bertz CT molecular complexity index is 785. The summed E-state index contributed by atoms with van der Waals surface area (Å²) in [4.78, 5) is 5.39. The molecule has 4 heteroatoms. The van der Waals surface area contributed by atoms with E-state index in [1.165, 1.54) is 110 Å². The first kappa shape index (κ1) is 26.1. The van der Waals surface area contributed by atoms with Crippen LogP contribution in [0.5, 0.6) is 0 Å². The Morgan fingerprint density at radius 3 is 2.28 bits per heavy atom. The maximum atomic E-state index is 6.84. The highest BCUT2D eigenvalue weighted by Gasteiger charge is 2.62. The molecule has 0 amide bonds. The largest absolute Gasteiger partial charge is 0.352 e. The molecule has 3 saturated carbocycles. The van der Waals surface area contributed by atoms with Gasteiger partial charge in [-0.1, -0.05) is 40.5 Å². The second-order valence-electron chi connectivity index (χ2n) is 15.6. The Kier molecular flexibility index (Phi) is 6.88. The summed E-state index contributed by atoms with van der Waals surface area (Å²) in [6.45, 7) is 18.0. The van der Waals surface area contributed by atoms with E-state index >= 15 is 0 Å². The number of ether oxygens (including phenoxy) is 2. The third-order valence-corrected chi connectivity index (χ3v) is 13.0. The number of hydrogen-bond acceptors (Lipinski definition) is 4. The molecular weight excluding hydrogens is 444 g/mol. The molecule has 6 fully saturated rings. The first-order chi connectivity index (χ1) is 17.1. The van der Waals surface area contributed by atoms with E-state index in [9.17, 15) is 0 Å². The van der Waals surface area contributed by atoms with Crippen molar-refractivity contribution in [3.05, 3.63) is 0 Å². The fourth-order valence-corrected chi connectivity index (χ4v) is 10.7. The van der Waals surface area contributed by atoms with Crippen molar-refractivity contribution in [1.29, 1.82) is 0 Å². The monoisotopic (exact) mass is 500 g/mol. The summed E-state index contributed by atoms with van der Waals surface area (Å²) in [6.07, 6.45) is 16.8. The molecular formula is C32H56N2O2. The molecule has 1 spiro atoms. The summed E-state index contributed by atoms with van der Waals surface area (Å²) in [5.41, 5.74) is 1.65. The predicted octanol–water partition coefficient (Wildman–Crippen LogP) is 6.58. The van der Waals surface area contributed by atoms with E-state index in [1.54, 1.807) is 0 Å². The van der Waals surface area contributed by atoms with E-state index in [1.807, 2.05) is 0 Å². The number of hydrogen-bond donors (Lipinski definition) is 0. The molecule has 3 aliphatic carbocycles. The Morgan fingerprint density at radius 2 is 1.53 bits per heavy atom. The van der Waals surface area contributed by atoms with Crippen LogP contribution in [-0.4, -0.2) is 68.6 Å². The van der Waals surface area contributed by atoms with Crippen LogP contribution in [0.3, 0.4) is 0 Å². The van der Waals surface area contributed by atoms with E-state index in [0.717, 1.165) is 18.4 Å². The highest BCUT2D eigenvalue weighted by atomic mass is 16.7. The summed E-state index contributed by atoms with van der Waals surface area (Å²) >= 11 is 0. The van der Waals surface area contributed by atoms with Gasteiger partial charge in [0.1, 0.15) is 0 Å². The Balaban J connectivity index is 1.14. The molecule has 206 valence electrons. The molecule has 0 N–H and O–H groups in total. The molecule has 6 aliphatic rings. The zero-order chi connectivity index (χ0) is 25.2. The molecule has 36 heavy (non-hydrogen) atoms. The van der Waals surface area contributed by atoms with Gasteiger partial charge in [-0.15, -0.1) is 0 Å². The molecule has 3 aliphatic heterocycles. The molecule has 0 aromatic rings. The minimum Gasteiger partial charge on any atom is -0.352 e. The van der Waals surface area contributed by atoms with Gasteiger partial charge in [-0.25, -0.2) is 0 Å². The van der Waals surface area contributed by atoms with Crippen LogP contribution in [0.1, 0.15) is 105 Å². The van der Waals surface area contributed by atoms with Gasteiger partial charge in [0.2, 0.25) is 0 Å². The molecule has 1 unspecified atom stereocenters. The molecule has 3 heterocycles. The average Bonchev–Trinajstić information content (AvgIpc) is 3.51. The molecule has 3 saturated heterocycles. The molecule has 4 nitrogen and oxygen atoms in total. The van der Waals surface area contributed by atoms with Crippen molar-refractivity contribution in [2.75, 3.05) is 46.4 Å². The Hall–Kier alpha value is -0.160. The van der Waals surface area contributed by atoms with Crippen molar-refractivity contribution >= 4 is 0 Å². The second-order valence-corrected chi connectivity index (χ2v) is 15.6. The van der Waals surface area contributed by atoms with Gasteiger partial charge < -0.3 is 19.3 Å². The maximum absolute atomic E-state index is 6.84. The van der Waals surface area contributed by atoms with Gasteiger partial charge in [0, 0.05) is 17.9 Å². The third-order valence-electron chi connectivity index (χ3n) is 13.0. The van der Waals surface area contributed by atoms with Gasteiger partial charge in [-0.05, 0) is 126 Å². The first-order valence-electron chi connectivity index (χ1n) is 15.8. The van der Waals surface area contributed by atoms with Gasteiger partial charge in [-0.3, -0.25) is 0 Å². The van der Waals surface area contributed by atoms with E-state index in [2.05, 4.69) is 44.5 Å². The quantitative estimate of drug-likeness (QED) is 0.435. The average molecular weight is 501 g/mol. The van der Waals surface area contributed by atoms with Crippen LogP contribution in [0.2, 0.25) is 0 Å². The molecule has 0 aromatic heterocycles. The molecule has 6 rings (SSSR count). The summed E-state index contributed by atoms with van der Waals surface area (Å²) in [6, 6.07) is 0. The standard InChI is InChI=1S/C32H56N2O2/c1-29(2)13-10-26-30(3,14-11-27-31(26,4)23-35-28(36-27)24-8-6-7-9-24)25(29)12-18-34-21-17-32(22-34)15-19-33(5)20-16-32/h24-28H,6-23H2,1-5H3/t25-,26?,27-,28-,30+,31+/m1/s1. The van der Waals surface area contributed by atoms with E-state index in [4.69, 9.17) is 9.47 Å². The van der Waals surface area contributed by atoms with Crippen LogP contribution in [0.25, 0.3) is 0 Å². The topological polar surface area (TPSA) is 24.9 Å². The number of likely N-dealkylation sites (tertiary alicyclic amines) is 2. The third kappa shape index (κ3) is 4.42. The molecule has 6 atom stereocenters. The maximum Gasteiger partial charge on any atom is 0.160 e. The first-order valence-corrected chi connectivity index (χ1v) is 15.8. The molecule has 0 radical (unpaired) electrons. The summed E-state index contributed by atoms with van der Waals surface area (Å²) in [5, 5.41) is 0. The fourth-order valence-electron chi connectivity index (χ4n) is 10.7. The smallest absolute Gasteiger partial charge is 0.160 e. The molecule has 0 bridgehead atoms. The van der Waals surface area contributed by atoms with Crippen molar-refractivity contribution in [3.63, 3.8) is 0 Å². The van der Waals surface area contributed by atoms with Crippen LogP contribution < -0.4 is 0 Å². The van der Waals surface area contributed by atoms with Crippen molar-refractivity contribution in [1.82, 2.24) is 9.80 Å². The van der Waals surface area contributed by atoms with Crippen molar-refractivity contribution in [3.8, 4) is 0 Å². The minimum atomic E-state index is 0.0767. The van der Waals surface area contributed by atoms with Gasteiger partial charge in [-0.2, -0.15) is 0 Å². The van der Waals surface area contributed by atoms with Crippen molar-refractivity contribution in [2.24, 2.45) is 39.4 Å². The predicted molar refractivity (Wildman–Crippen MR) is 147 cm³/mol. The summed E-state index contributed by atoms with van der Waals surface area (Å²) in [7, 11) is 2.30. The highest BCUT2D eigenvalue weighted by Crippen LogP contribution is 2.66. The lowest BCUT2D eigenvalue weighted by Crippen LogP contribution is -2.63. The van der Waals surface area contributed by atoms with E-state index in [-0.39, 0.29) is 11.7 Å². The second kappa shape index (κ2) is 9.49. The van der Waals surface area contributed by atoms with Gasteiger partial charge in [0.25, 0.3) is 0 Å². The lowest BCUT2D eigenvalue weighted by atomic mass is 9.42. The summed E-state index contributed by atoms with van der Waals surface area (Å²) in [5.74, 6) is 2.17. The van der Waals surface area contributed by atoms with Gasteiger partial charge in [0.05, 0.1) is 12.7 Å². The number of rotatable bonds is 4. The zero-order valence-corrected chi connectivity index (χ0v) is 24.3. The van der Waals surface area contributed by atoms with Crippen molar-refractivity contribution < 1.29 is 9.47 Å². The normalized spacial score (nSPS) is 45.6. The summed E-state index contributed by atoms with van der Waals surface area (Å²) < 4.78 is 13.4. The van der Waals surface area contributed by atoms with E-state index < -0.39 is 0 Å². The van der Waals surface area contributed by atoms with Crippen molar-refractivity contribution in [2.45, 2.75) is 117 Å². The highest BCUT2D eigenvalue weighted by molar-refractivity contribution is 5.11. The number of piperidine rings is 1. The van der Waals surface area contributed by atoms with Gasteiger partial charge >= 0.3 is 0 Å². The Morgan fingerprint density at radius 1 is 0.806 bits per heavy atom. The minimum absolute atomic E-state index is 0.0767. The zero-order valence-electron chi connectivity index (χ0n) is 24.3. The van der Waals surface area contributed by atoms with Crippen LogP contribution in [0, 0.1) is 39.4 Å².